The van der Waals surface area contributed by atoms with Crippen molar-refractivity contribution in [3.05, 3.63) is 66.2 Å². The summed E-state index contributed by atoms with van der Waals surface area (Å²) in [6.45, 7) is 5.59. The van der Waals surface area contributed by atoms with Gasteiger partial charge in [-0.3, -0.25) is 0 Å². The second-order valence-electron chi connectivity index (χ2n) is 5.73. The number of piperazine rings is 1. The summed E-state index contributed by atoms with van der Waals surface area (Å²) in [4.78, 5) is 4.16. The molecule has 1 atom stereocenters. The lowest BCUT2D eigenvalue weighted by molar-refractivity contribution is -0.938. The van der Waals surface area contributed by atoms with Crippen LogP contribution in [0.5, 0.6) is 0 Å². The van der Waals surface area contributed by atoms with Crippen LogP contribution in [0.15, 0.2) is 60.7 Å². The molecule has 0 radical (unpaired) electrons. The van der Waals surface area contributed by atoms with Crippen molar-refractivity contribution in [3.8, 4) is 0 Å². The van der Waals surface area contributed by atoms with Crippen LogP contribution in [0.3, 0.4) is 0 Å². The van der Waals surface area contributed by atoms with Gasteiger partial charge in [0.05, 0.1) is 26.2 Å². The van der Waals surface area contributed by atoms with E-state index in [-0.39, 0.29) is 0 Å². The van der Waals surface area contributed by atoms with Crippen molar-refractivity contribution in [2.24, 2.45) is 0 Å². The van der Waals surface area contributed by atoms with Gasteiger partial charge in [-0.15, -0.1) is 0 Å². The maximum Gasteiger partial charge on any atom is 0.163 e. The SMILES string of the molecule is [NH3+]C[C@H](c1ccccc1)[NH+]1CCN(c2ccccc2)CC1. The van der Waals surface area contributed by atoms with E-state index in [4.69, 9.17) is 0 Å². The van der Waals surface area contributed by atoms with Crippen LogP contribution in [-0.4, -0.2) is 32.7 Å². The van der Waals surface area contributed by atoms with Gasteiger partial charge in [-0.1, -0.05) is 48.5 Å². The first-order chi connectivity index (χ1) is 10.4. The van der Waals surface area contributed by atoms with E-state index in [9.17, 15) is 0 Å². The van der Waals surface area contributed by atoms with Gasteiger partial charge in [0.2, 0.25) is 0 Å². The summed E-state index contributed by atoms with van der Waals surface area (Å²) in [6, 6.07) is 22.1. The number of rotatable bonds is 4. The number of hydrogen-bond acceptors (Lipinski definition) is 1. The van der Waals surface area contributed by atoms with Crippen LogP contribution in [0.2, 0.25) is 0 Å². The zero-order valence-electron chi connectivity index (χ0n) is 12.5. The molecule has 3 rings (SSSR count). The first-order valence-corrected chi connectivity index (χ1v) is 7.87. The molecule has 0 amide bonds. The van der Waals surface area contributed by atoms with E-state index in [0.717, 1.165) is 19.6 Å². The summed E-state index contributed by atoms with van der Waals surface area (Å²) >= 11 is 0. The van der Waals surface area contributed by atoms with Crippen LogP contribution in [0.25, 0.3) is 0 Å². The molecule has 2 aromatic carbocycles. The molecule has 0 aliphatic carbocycles. The average molecular weight is 283 g/mol. The molecular formula is C18H25N3+2. The Morgan fingerprint density at radius 1 is 0.905 bits per heavy atom. The minimum absolute atomic E-state index is 0.532. The fraction of sp³-hybridized carbons (Fsp3) is 0.333. The summed E-state index contributed by atoms with van der Waals surface area (Å²) in [5.41, 5.74) is 6.96. The summed E-state index contributed by atoms with van der Waals surface area (Å²) in [5, 5.41) is 0. The molecule has 0 bridgehead atoms. The molecule has 1 aliphatic rings. The van der Waals surface area contributed by atoms with Crippen LogP contribution in [0.1, 0.15) is 11.6 Å². The van der Waals surface area contributed by atoms with Gasteiger partial charge in [0.15, 0.2) is 6.04 Å². The smallest absolute Gasteiger partial charge is 0.163 e. The molecule has 1 fully saturated rings. The van der Waals surface area contributed by atoms with Crippen LogP contribution >= 0.6 is 0 Å². The zero-order valence-corrected chi connectivity index (χ0v) is 12.5. The Bertz CT molecular complexity index is 533. The molecule has 2 aromatic rings. The van der Waals surface area contributed by atoms with Gasteiger partial charge in [0, 0.05) is 11.3 Å². The van der Waals surface area contributed by atoms with Crippen molar-refractivity contribution >= 4 is 5.69 Å². The number of nitrogens with one attached hydrogen (secondary N) is 1. The molecule has 0 unspecified atom stereocenters. The van der Waals surface area contributed by atoms with Crippen LogP contribution in [-0.2, 0) is 0 Å². The molecule has 0 saturated carbocycles. The van der Waals surface area contributed by atoms with E-state index in [1.165, 1.54) is 24.3 Å². The van der Waals surface area contributed by atoms with E-state index in [1.54, 1.807) is 4.90 Å². The molecule has 3 heteroatoms. The molecule has 1 heterocycles. The summed E-state index contributed by atoms with van der Waals surface area (Å²) in [5.74, 6) is 0. The van der Waals surface area contributed by atoms with Crippen LogP contribution in [0.4, 0.5) is 5.69 Å². The normalized spacial score (nSPS) is 17.7. The molecule has 4 N–H and O–H groups in total. The third-order valence-corrected chi connectivity index (χ3v) is 4.51. The third-order valence-electron chi connectivity index (χ3n) is 4.51. The fourth-order valence-electron chi connectivity index (χ4n) is 3.33. The lowest BCUT2D eigenvalue weighted by Crippen LogP contribution is -3.16. The van der Waals surface area contributed by atoms with Crippen molar-refractivity contribution < 1.29 is 10.6 Å². The number of hydrogen-bond donors (Lipinski definition) is 2. The van der Waals surface area contributed by atoms with E-state index in [2.05, 4.69) is 71.3 Å². The maximum atomic E-state index is 4.18. The van der Waals surface area contributed by atoms with E-state index < -0.39 is 0 Å². The van der Waals surface area contributed by atoms with Gasteiger partial charge in [-0.05, 0) is 12.1 Å². The fourth-order valence-corrected chi connectivity index (χ4v) is 3.33. The second-order valence-corrected chi connectivity index (χ2v) is 5.73. The summed E-state index contributed by atoms with van der Waals surface area (Å²) in [6.07, 6.45) is 0. The lowest BCUT2D eigenvalue weighted by atomic mass is 10.0. The van der Waals surface area contributed by atoms with E-state index >= 15 is 0 Å². The van der Waals surface area contributed by atoms with Gasteiger partial charge in [-0.25, -0.2) is 0 Å². The Morgan fingerprint density at radius 2 is 1.48 bits per heavy atom. The summed E-state index contributed by atoms with van der Waals surface area (Å²) < 4.78 is 0. The Morgan fingerprint density at radius 3 is 2.05 bits per heavy atom. The van der Waals surface area contributed by atoms with Crippen molar-refractivity contribution in [1.82, 2.24) is 0 Å². The zero-order chi connectivity index (χ0) is 14.5. The van der Waals surface area contributed by atoms with Crippen molar-refractivity contribution in [2.45, 2.75) is 6.04 Å². The number of para-hydroxylation sites is 1. The van der Waals surface area contributed by atoms with Gasteiger partial charge < -0.3 is 15.5 Å². The highest BCUT2D eigenvalue weighted by Gasteiger charge is 2.28. The Balaban J connectivity index is 1.65. The largest absolute Gasteiger partial charge is 0.360 e. The Hall–Kier alpha value is -1.84. The highest BCUT2D eigenvalue weighted by atomic mass is 15.3. The topological polar surface area (TPSA) is 35.3 Å². The molecule has 0 spiro atoms. The van der Waals surface area contributed by atoms with Crippen LogP contribution < -0.4 is 15.5 Å². The van der Waals surface area contributed by atoms with E-state index in [0.29, 0.717) is 6.04 Å². The molecule has 110 valence electrons. The molecule has 1 aliphatic heterocycles. The minimum atomic E-state index is 0.532. The molecule has 1 saturated heterocycles. The van der Waals surface area contributed by atoms with Crippen molar-refractivity contribution in [2.75, 3.05) is 37.6 Å². The van der Waals surface area contributed by atoms with Gasteiger partial charge in [0.1, 0.15) is 6.54 Å². The number of nitrogens with zero attached hydrogens (tertiary/aromatic N) is 1. The number of quaternary nitrogens is 2. The maximum absolute atomic E-state index is 4.18. The monoisotopic (exact) mass is 283 g/mol. The van der Waals surface area contributed by atoms with Gasteiger partial charge in [-0.2, -0.15) is 0 Å². The summed E-state index contributed by atoms with van der Waals surface area (Å²) in [7, 11) is 0. The standard InChI is InChI=1S/C18H23N3/c19-15-18(16-7-3-1-4-8-16)21-13-11-20(12-14-21)17-9-5-2-6-10-17/h1-10,18H,11-15,19H2/p+2/t18-/m1/s1. The van der Waals surface area contributed by atoms with E-state index in [1.807, 2.05) is 0 Å². The number of anilines is 1. The predicted molar refractivity (Wildman–Crippen MR) is 86.3 cm³/mol. The van der Waals surface area contributed by atoms with Gasteiger partial charge in [0.25, 0.3) is 0 Å². The first kappa shape index (κ1) is 14.1. The molecular weight excluding hydrogens is 258 g/mol. The van der Waals surface area contributed by atoms with Crippen LogP contribution in [0, 0.1) is 0 Å². The highest BCUT2D eigenvalue weighted by molar-refractivity contribution is 5.46. The lowest BCUT2D eigenvalue weighted by Gasteiger charge is -2.36. The first-order valence-electron chi connectivity index (χ1n) is 7.87. The average Bonchev–Trinajstić information content (AvgIpc) is 2.58. The molecule has 0 aromatic heterocycles. The minimum Gasteiger partial charge on any atom is -0.360 e. The second kappa shape index (κ2) is 6.74. The Labute approximate surface area is 127 Å². The third kappa shape index (κ3) is 3.26. The van der Waals surface area contributed by atoms with Crippen molar-refractivity contribution in [1.29, 1.82) is 0 Å². The van der Waals surface area contributed by atoms with Crippen molar-refractivity contribution in [3.63, 3.8) is 0 Å². The highest BCUT2D eigenvalue weighted by Crippen LogP contribution is 2.13. The Kier molecular flexibility index (Phi) is 4.53. The van der Waals surface area contributed by atoms with Gasteiger partial charge >= 0.3 is 0 Å². The quantitative estimate of drug-likeness (QED) is 0.836. The predicted octanol–water partition coefficient (Wildman–Crippen LogP) is 0.375. The molecule has 21 heavy (non-hydrogen) atoms. The number of benzene rings is 2. The molecule has 3 nitrogen and oxygen atoms in total.